The fourth-order valence-corrected chi connectivity index (χ4v) is 2.55. The van der Waals surface area contributed by atoms with Gasteiger partial charge in [-0.05, 0) is 12.8 Å². The van der Waals surface area contributed by atoms with Crippen molar-refractivity contribution in [3.8, 4) is 0 Å². The predicted octanol–water partition coefficient (Wildman–Crippen LogP) is 1.24. The molecule has 0 aromatic carbocycles. The Morgan fingerprint density at radius 1 is 1.41 bits per heavy atom. The lowest BCUT2D eigenvalue weighted by molar-refractivity contribution is 0.00551. The number of hydrogen-bond donors (Lipinski definition) is 2. The van der Waals surface area contributed by atoms with E-state index in [1.807, 2.05) is 13.2 Å². The second-order valence-corrected chi connectivity index (χ2v) is 5.22. The summed E-state index contributed by atoms with van der Waals surface area (Å²) in [5.41, 5.74) is 0.934. The van der Waals surface area contributed by atoms with Crippen molar-refractivity contribution >= 4 is 11.8 Å². The molecule has 3 rings (SSSR count). The van der Waals surface area contributed by atoms with Crippen LogP contribution >= 0.6 is 0 Å². The molecule has 1 saturated heterocycles. The largest absolute Gasteiger partial charge is 0.476 e. The first kappa shape index (κ1) is 14.5. The van der Waals surface area contributed by atoms with Crippen molar-refractivity contribution in [1.82, 2.24) is 19.7 Å². The molecule has 8 heteroatoms. The van der Waals surface area contributed by atoms with Gasteiger partial charge in [0.05, 0.1) is 24.6 Å². The van der Waals surface area contributed by atoms with Crippen LogP contribution in [0.4, 0.5) is 5.82 Å². The van der Waals surface area contributed by atoms with Gasteiger partial charge in [0, 0.05) is 25.4 Å². The number of aromatic carboxylic acids is 1. The molecule has 22 heavy (non-hydrogen) atoms. The summed E-state index contributed by atoms with van der Waals surface area (Å²) in [7, 11) is 1.87. The lowest BCUT2D eigenvalue weighted by Gasteiger charge is -2.32. The zero-order valence-corrected chi connectivity index (χ0v) is 12.1. The third kappa shape index (κ3) is 3.06. The average molecular weight is 303 g/mol. The number of carboxylic acid groups (broad SMARTS) is 1. The van der Waals surface area contributed by atoms with Crippen LogP contribution in [0.5, 0.6) is 0 Å². The van der Waals surface area contributed by atoms with Gasteiger partial charge in [0.15, 0.2) is 5.69 Å². The summed E-state index contributed by atoms with van der Waals surface area (Å²) in [6, 6.07) is 0.0444. The molecule has 8 nitrogen and oxygen atoms in total. The van der Waals surface area contributed by atoms with E-state index in [4.69, 9.17) is 9.84 Å². The molecule has 116 valence electrons. The van der Waals surface area contributed by atoms with Crippen LogP contribution in [0, 0.1) is 0 Å². The quantitative estimate of drug-likeness (QED) is 0.876. The predicted molar refractivity (Wildman–Crippen MR) is 77.5 cm³/mol. The van der Waals surface area contributed by atoms with E-state index in [2.05, 4.69) is 20.4 Å². The molecule has 2 atom stereocenters. The zero-order chi connectivity index (χ0) is 15.5. The first-order valence-corrected chi connectivity index (χ1v) is 7.05. The van der Waals surface area contributed by atoms with Crippen molar-refractivity contribution in [3.63, 3.8) is 0 Å². The number of hydrogen-bond acceptors (Lipinski definition) is 6. The summed E-state index contributed by atoms with van der Waals surface area (Å²) in [6.45, 7) is 0.710. The van der Waals surface area contributed by atoms with Gasteiger partial charge >= 0.3 is 5.97 Å². The molecule has 0 radical (unpaired) electrons. The van der Waals surface area contributed by atoms with Crippen molar-refractivity contribution < 1.29 is 14.6 Å². The molecule has 2 N–H and O–H groups in total. The second kappa shape index (κ2) is 6.10. The lowest BCUT2D eigenvalue weighted by Crippen LogP contribution is -2.34. The van der Waals surface area contributed by atoms with Crippen LogP contribution in [0.15, 0.2) is 24.8 Å². The van der Waals surface area contributed by atoms with Crippen LogP contribution in [0.1, 0.15) is 35.0 Å². The number of carboxylic acids is 1. The van der Waals surface area contributed by atoms with Crippen molar-refractivity contribution in [1.29, 1.82) is 0 Å². The van der Waals surface area contributed by atoms with Crippen LogP contribution in [0.25, 0.3) is 0 Å². The van der Waals surface area contributed by atoms with Gasteiger partial charge in [-0.3, -0.25) is 4.68 Å². The summed E-state index contributed by atoms with van der Waals surface area (Å²) in [5.74, 6) is -0.553. The molecule has 0 unspecified atom stereocenters. The Balaban J connectivity index is 1.75. The molecule has 1 aliphatic heterocycles. The first-order valence-electron chi connectivity index (χ1n) is 7.05. The fourth-order valence-electron chi connectivity index (χ4n) is 2.55. The summed E-state index contributed by atoms with van der Waals surface area (Å²) < 4.78 is 7.61. The maximum atomic E-state index is 10.8. The van der Waals surface area contributed by atoms with Gasteiger partial charge in [-0.1, -0.05) is 0 Å². The van der Waals surface area contributed by atoms with Gasteiger partial charge in [0.1, 0.15) is 11.9 Å². The Morgan fingerprint density at radius 2 is 2.27 bits per heavy atom. The van der Waals surface area contributed by atoms with E-state index < -0.39 is 5.97 Å². The first-order chi connectivity index (χ1) is 10.6. The van der Waals surface area contributed by atoms with Crippen molar-refractivity contribution in [2.24, 2.45) is 7.05 Å². The lowest BCUT2D eigenvalue weighted by atomic mass is 9.98. The minimum absolute atomic E-state index is 0.0444. The van der Waals surface area contributed by atoms with Gasteiger partial charge in [-0.2, -0.15) is 5.10 Å². The summed E-state index contributed by atoms with van der Waals surface area (Å²) >= 11 is 0. The molecular formula is C14H17N5O3. The molecule has 0 bridgehead atoms. The Morgan fingerprint density at radius 3 is 2.91 bits per heavy atom. The van der Waals surface area contributed by atoms with Crippen LogP contribution in [0.2, 0.25) is 0 Å². The molecule has 2 aromatic heterocycles. The highest BCUT2D eigenvalue weighted by Gasteiger charge is 2.28. The minimum atomic E-state index is -1.09. The van der Waals surface area contributed by atoms with Crippen LogP contribution in [0.3, 0.4) is 0 Å². The molecule has 1 fully saturated rings. The molecule has 0 spiro atoms. The summed E-state index contributed by atoms with van der Waals surface area (Å²) in [5, 5.41) is 16.3. The van der Waals surface area contributed by atoms with Crippen LogP contribution in [-0.2, 0) is 11.8 Å². The number of carbonyl (C=O) groups is 1. The van der Waals surface area contributed by atoms with Crippen molar-refractivity contribution in [3.05, 3.63) is 36.0 Å². The Hall–Kier alpha value is -2.48. The van der Waals surface area contributed by atoms with Gasteiger partial charge in [-0.25, -0.2) is 14.8 Å². The summed E-state index contributed by atoms with van der Waals surface area (Å²) in [6.07, 6.45) is 8.18. The van der Waals surface area contributed by atoms with E-state index in [1.54, 1.807) is 10.9 Å². The highest BCUT2D eigenvalue weighted by atomic mass is 16.5. The summed E-state index contributed by atoms with van der Waals surface area (Å²) in [4.78, 5) is 18.7. The van der Waals surface area contributed by atoms with Gasteiger partial charge in [0.2, 0.25) is 0 Å². The van der Waals surface area contributed by atoms with E-state index in [9.17, 15) is 4.79 Å². The number of aromatic nitrogens is 4. The maximum Gasteiger partial charge on any atom is 0.356 e. The minimum Gasteiger partial charge on any atom is -0.476 e. The van der Waals surface area contributed by atoms with Gasteiger partial charge in [-0.15, -0.1) is 0 Å². The molecule has 0 aliphatic carbocycles. The number of anilines is 1. The second-order valence-electron chi connectivity index (χ2n) is 5.22. The highest BCUT2D eigenvalue weighted by molar-refractivity contribution is 5.84. The number of aryl methyl sites for hydroxylation is 1. The molecule has 0 saturated carbocycles. The van der Waals surface area contributed by atoms with E-state index >= 15 is 0 Å². The van der Waals surface area contributed by atoms with Gasteiger partial charge in [0.25, 0.3) is 0 Å². The maximum absolute atomic E-state index is 10.8. The third-order valence-electron chi connectivity index (χ3n) is 3.58. The van der Waals surface area contributed by atoms with Crippen LogP contribution in [-0.4, -0.2) is 43.5 Å². The number of nitrogens with zero attached hydrogens (tertiary/aromatic N) is 4. The monoisotopic (exact) mass is 303 g/mol. The number of ether oxygens (including phenoxy) is 1. The molecule has 2 aromatic rings. The Kier molecular flexibility index (Phi) is 4.01. The number of nitrogens with one attached hydrogen (secondary N) is 1. The fraction of sp³-hybridized carbons (Fsp3) is 0.429. The van der Waals surface area contributed by atoms with E-state index in [1.165, 1.54) is 12.4 Å². The zero-order valence-electron chi connectivity index (χ0n) is 12.1. The van der Waals surface area contributed by atoms with Crippen LogP contribution < -0.4 is 5.32 Å². The molecular weight excluding hydrogens is 286 g/mol. The topological polar surface area (TPSA) is 102 Å². The van der Waals surface area contributed by atoms with Gasteiger partial charge < -0.3 is 15.2 Å². The molecule has 0 amide bonds. The molecule has 1 aliphatic rings. The SMILES string of the molecule is Cn1cc([C@H]2OCCC[C@@H]2Nc2cnc(C(=O)O)cn2)cn1. The Labute approximate surface area is 127 Å². The van der Waals surface area contributed by atoms with E-state index in [-0.39, 0.29) is 17.8 Å². The number of rotatable bonds is 4. The highest BCUT2D eigenvalue weighted by Crippen LogP contribution is 2.30. The standard InChI is InChI=1S/C14H17N5O3/c1-19-8-9(5-17-19)13-10(3-2-4-22-13)18-12-7-15-11(6-16-12)14(20)21/h5-8,10,13H,2-4H2,1H3,(H,16,18)(H,20,21)/t10-,13+/m0/s1. The average Bonchev–Trinajstić information content (AvgIpc) is 2.95. The normalized spacial score (nSPS) is 21.5. The smallest absolute Gasteiger partial charge is 0.356 e. The van der Waals surface area contributed by atoms with Crippen molar-refractivity contribution in [2.75, 3.05) is 11.9 Å². The van der Waals surface area contributed by atoms with E-state index in [0.29, 0.717) is 12.4 Å². The Bertz CT molecular complexity index is 655. The van der Waals surface area contributed by atoms with Crippen molar-refractivity contribution in [2.45, 2.75) is 25.0 Å². The van der Waals surface area contributed by atoms with E-state index in [0.717, 1.165) is 18.4 Å². The molecule has 3 heterocycles. The third-order valence-corrected chi connectivity index (χ3v) is 3.58.